The molecule has 1 rings (SSSR count). The number of hydrogen-bond acceptors (Lipinski definition) is 2. The number of carbonyl (C=O) groups is 1. The van der Waals surface area contributed by atoms with Crippen molar-refractivity contribution in [1.82, 2.24) is 5.32 Å². The van der Waals surface area contributed by atoms with Gasteiger partial charge in [-0.1, -0.05) is 28.9 Å². The van der Waals surface area contributed by atoms with Gasteiger partial charge in [0.25, 0.3) is 0 Å². The van der Waals surface area contributed by atoms with Gasteiger partial charge in [-0.2, -0.15) is 0 Å². The van der Waals surface area contributed by atoms with Crippen LogP contribution >= 0.6 is 27.3 Å². The molecule has 0 aliphatic rings. The van der Waals surface area contributed by atoms with Crippen LogP contribution in [-0.4, -0.2) is 17.3 Å². The van der Waals surface area contributed by atoms with Crippen LogP contribution in [0.25, 0.3) is 0 Å². The van der Waals surface area contributed by atoms with Gasteiger partial charge < -0.3 is 5.32 Å². The highest BCUT2D eigenvalue weighted by Gasteiger charge is 2.10. The van der Waals surface area contributed by atoms with Gasteiger partial charge in [-0.25, -0.2) is 0 Å². The van der Waals surface area contributed by atoms with E-state index in [2.05, 4.69) is 32.7 Å². The Labute approximate surface area is 96.8 Å². The molecule has 1 unspecified atom stereocenters. The van der Waals surface area contributed by atoms with Gasteiger partial charge in [-0.05, 0) is 24.3 Å². The molecular formula is C10H14BrNOS. The Kier molecular flexibility index (Phi) is 5.19. The molecule has 0 aliphatic heterocycles. The molecule has 78 valence electrons. The maximum atomic E-state index is 11.3. The first-order chi connectivity index (χ1) is 6.74. The normalized spacial score (nSPS) is 12.4. The van der Waals surface area contributed by atoms with Gasteiger partial charge in [0.2, 0.25) is 5.91 Å². The zero-order chi connectivity index (χ0) is 10.4. The summed E-state index contributed by atoms with van der Waals surface area (Å²) in [6, 6.07) is 4.11. The minimum absolute atomic E-state index is 0.0502. The molecule has 1 heterocycles. The van der Waals surface area contributed by atoms with E-state index < -0.39 is 0 Å². The summed E-state index contributed by atoms with van der Waals surface area (Å²) in [7, 11) is 0. The van der Waals surface area contributed by atoms with Gasteiger partial charge in [0, 0.05) is 11.4 Å². The average Bonchev–Trinajstić information content (AvgIpc) is 2.69. The molecular weight excluding hydrogens is 262 g/mol. The van der Waals surface area contributed by atoms with Crippen LogP contribution in [0.5, 0.6) is 0 Å². The highest BCUT2D eigenvalue weighted by molar-refractivity contribution is 9.10. The Morgan fingerprint density at radius 1 is 1.71 bits per heavy atom. The Hall–Kier alpha value is -0.350. The molecule has 0 saturated carbocycles. The van der Waals surface area contributed by atoms with E-state index in [1.54, 1.807) is 11.3 Å². The maximum absolute atomic E-state index is 11.3. The predicted octanol–water partition coefficient (Wildman–Crippen LogP) is 2.58. The molecule has 0 spiro atoms. The third-order valence-corrected chi connectivity index (χ3v) is 3.89. The van der Waals surface area contributed by atoms with Gasteiger partial charge in [0.1, 0.15) is 0 Å². The molecule has 0 radical (unpaired) electrons. The summed E-state index contributed by atoms with van der Waals surface area (Å²) >= 11 is 5.04. The van der Waals surface area contributed by atoms with Crippen molar-refractivity contribution in [1.29, 1.82) is 0 Å². The molecule has 14 heavy (non-hydrogen) atoms. The van der Waals surface area contributed by atoms with Gasteiger partial charge in [0.15, 0.2) is 0 Å². The number of rotatable bonds is 5. The van der Waals surface area contributed by atoms with Crippen LogP contribution in [0.3, 0.4) is 0 Å². The van der Waals surface area contributed by atoms with Gasteiger partial charge in [-0.15, -0.1) is 11.3 Å². The fraction of sp³-hybridized carbons (Fsp3) is 0.500. The second-order valence-electron chi connectivity index (χ2n) is 3.00. The van der Waals surface area contributed by atoms with E-state index in [1.165, 1.54) is 4.88 Å². The van der Waals surface area contributed by atoms with Crippen LogP contribution < -0.4 is 5.32 Å². The van der Waals surface area contributed by atoms with Gasteiger partial charge >= 0.3 is 0 Å². The first-order valence-corrected chi connectivity index (χ1v) is 6.47. The Balaban J connectivity index is 2.18. The highest BCUT2D eigenvalue weighted by atomic mass is 79.9. The number of halogens is 1. The molecule has 1 amide bonds. The van der Waals surface area contributed by atoms with E-state index in [0.29, 0.717) is 0 Å². The second-order valence-corrected chi connectivity index (χ2v) is 5.13. The van der Waals surface area contributed by atoms with E-state index in [0.717, 1.165) is 19.4 Å². The summed E-state index contributed by atoms with van der Waals surface area (Å²) in [6.07, 6.45) is 1.75. The van der Waals surface area contributed by atoms with Gasteiger partial charge in [0.05, 0.1) is 4.83 Å². The molecule has 4 heteroatoms. The quantitative estimate of drug-likeness (QED) is 0.823. The fourth-order valence-corrected chi connectivity index (χ4v) is 1.93. The highest BCUT2D eigenvalue weighted by Crippen LogP contribution is 2.08. The summed E-state index contributed by atoms with van der Waals surface area (Å²) in [5.41, 5.74) is 0. The van der Waals surface area contributed by atoms with Crippen molar-refractivity contribution < 1.29 is 4.79 Å². The lowest BCUT2D eigenvalue weighted by Gasteiger charge is -2.07. The number of hydrogen-bond donors (Lipinski definition) is 1. The van der Waals surface area contributed by atoms with Crippen LogP contribution in [0.4, 0.5) is 0 Å². The summed E-state index contributed by atoms with van der Waals surface area (Å²) < 4.78 is 0. The third-order valence-electron chi connectivity index (χ3n) is 1.89. The maximum Gasteiger partial charge on any atom is 0.233 e. The monoisotopic (exact) mass is 275 g/mol. The van der Waals surface area contributed by atoms with Crippen LogP contribution in [-0.2, 0) is 11.2 Å². The number of nitrogens with one attached hydrogen (secondary N) is 1. The Morgan fingerprint density at radius 2 is 2.50 bits per heavy atom. The van der Waals surface area contributed by atoms with Crippen molar-refractivity contribution in [2.24, 2.45) is 0 Å². The van der Waals surface area contributed by atoms with Crippen LogP contribution in [0, 0.1) is 0 Å². The SMILES string of the molecule is CCC(Br)C(=O)NCCc1cccs1. The van der Waals surface area contributed by atoms with E-state index >= 15 is 0 Å². The molecule has 2 nitrogen and oxygen atoms in total. The number of alkyl halides is 1. The van der Waals surface area contributed by atoms with Gasteiger partial charge in [-0.3, -0.25) is 4.79 Å². The zero-order valence-corrected chi connectivity index (χ0v) is 10.5. The third kappa shape index (κ3) is 3.80. The molecule has 1 aromatic rings. The lowest BCUT2D eigenvalue weighted by atomic mass is 10.3. The average molecular weight is 276 g/mol. The summed E-state index contributed by atoms with van der Waals surface area (Å²) in [5, 5.41) is 4.94. The summed E-state index contributed by atoms with van der Waals surface area (Å²) in [5.74, 6) is 0.0871. The van der Waals surface area contributed by atoms with Crippen LogP contribution in [0.1, 0.15) is 18.2 Å². The van der Waals surface area contributed by atoms with Crippen LogP contribution in [0.2, 0.25) is 0 Å². The minimum atomic E-state index is -0.0502. The Bertz CT molecular complexity index is 274. The number of carbonyl (C=O) groups excluding carboxylic acids is 1. The number of amides is 1. The predicted molar refractivity (Wildman–Crippen MR) is 64.0 cm³/mol. The van der Waals surface area contributed by atoms with Crippen LogP contribution in [0.15, 0.2) is 17.5 Å². The standard InChI is InChI=1S/C10H14BrNOS/c1-2-9(11)10(13)12-6-5-8-4-3-7-14-8/h3-4,7,9H,2,5-6H2,1H3,(H,12,13). The molecule has 0 saturated heterocycles. The topological polar surface area (TPSA) is 29.1 Å². The van der Waals surface area contributed by atoms with E-state index in [4.69, 9.17) is 0 Å². The second kappa shape index (κ2) is 6.19. The lowest BCUT2D eigenvalue weighted by molar-refractivity contribution is -0.120. The fourth-order valence-electron chi connectivity index (χ4n) is 1.06. The Morgan fingerprint density at radius 3 is 3.07 bits per heavy atom. The molecule has 0 bridgehead atoms. The molecule has 0 aromatic carbocycles. The van der Waals surface area contributed by atoms with E-state index in [9.17, 15) is 4.79 Å². The van der Waals surface area contributed by atoms with Crippen molar-refractivity contribution in [3.63, 3.8) is 0 Å². The first kappa shape index (κ1) is 11.7. The van der Waals surface area contributed by atoms with E-state index in [1.807, 2.05) is 13.0 Å². The summed E-state index contributed by atoms with van der Waals surface area (Å²) in [6.45, 7) is 2.71. The van der Waals surface area contributed by atoms with E-state index in [-0.39, 0.29) is 10.7 Å². The summed E-state index contributed by atoms with van der Waals surface area (Å²) in [4.78, 5) is 12.6. The largest absolute Gasteiger partial charge is 0.355 e. The van der Waals surface area contributed by atoms with Crippen molar-refractivity contribution in [3.05, 3.63) is 22.4 Å². The van der Waals surface area contributed by atoms with Crippen molar-refractivity contribution >= 4 is 33.2 Å². The molecule has 0 fully saturated rings. The molecule has 1 atom stereocenters. The zero-order valence-electron chi connectivity index (χ0n) is 8.13. The molecule has 0 aliphatic carbocycles. The molecule has 1 N–H and O–H groups in total. The smallest absolute Gasteiger partial charge is 0.233 e. The first-order valence-electron chi connectivity index (χ1n) is 4.68. The van der Waals surface area contributed by atoms with Crippen molar-refractivity contribution in [3.8, 4) is 0 Å². The number of thiophene rings is 1. The minimum Gasteiger partial charge on any atom is -0.355 e. The van der Waals surface area contributed by atoms with Crippen molar-refractivity contribution in [2.45, 2.75) is 24.6 Å². The van der Waals surface area contributed by atoms with Crippen molar-refractivity contribution in [2.75, 3.05) is 6.54 Å². The molecule has 1 aromatic heterocycles. The lowest BCUT2D eigenvalue weighted by Crippen LogP contribution is -2.32.